The topological polar surface area (TPSA) is 101 Å². The normalized spacial score (nSPS) is 38.1. The third kappa shape index (κ3) is 2.16. The van der Waals surface area contributed by atoms with Crippen molar-refractivity contribution in [1.82, 2.24) is 0 Å². The van der Waals surface area contributed by atoms with Gasteiger partial charge in [0, 0.05) is 0 Å². The van der Waals surface area contributed by atoms with Gasteiger partial charge in [-0.15, -0.1) is 0 Å². The van der Waals surface area contributed by atoms with Crippen molar-refractivity contribution in [3.05, 3.63) is 0 Å². The van der Waals surface area contributed by atoms with Crippen molar-refractivity contribution in [1.29, 1.82) is 0 Å². The van der Waals surface area contributed by atoms with Gasteiger partial charge >= 0.3 is 0 Å². The molecule has 0 unspecified atom stereocenters. The number of hydrogen-bond donors (Lipinski definition) is 3. The molecule has 72 valence electrons. The second-order valence-corrected chi connectivity index (χ2v) is 5.00. The Morgan fingerprint density at radius 2 is 1.75 bits per heavy atom. The highest BCUT2D eigenvalue weighted by Crippen LogP contribution is 2.22. The molecule has 1 saturated carbocycles. The molecule has 0 aliphatic heterocycles. The number of rotatable bonds is 1. The van der Waals surface area contributed by atoms with E-state index in [1.165, 1.54) is 0 Å². The number of aliphatic hydroxyl groups is 2. The van der Waals surface area contributed by atoms with Crippen LogP contribution in [0.25, 0.3) is 0 Å². The minimum Gasteiger partial charge on any atom is -0.390 e. The van der Waals surface area contributed by atoms with Crippen LogP contribution in [0, 0.1) is 0 Å². The fourth-order valence-electron chi connectivity index (χ4n) is 1.39. The fraction of sp³-hybridized carbons (Fsp3) is 1.00. The van der Waals surface area contributed by atoms with E-state index in [9.17, 15) is 8.42 Å². The molecule has 0 heterocycles. The van der Waals surface area contributed by atoms with Crippen LogP contribution in [-0.4, -0.2) is 36.1 Å². The lowest BCUT2D eigenvalue weighted by molar-refractivity contribution is -0.00753. The van der Waals surface area contributed by atoms with E-state index in [-0.39, 0.29) is 6.42 Å². The van der Waals surface area contributed by atoms with Gasteiger partial charge in [-0.1, -0.05) is 0 Å². The molecule has 0 aromatic rings. The number of primary sulfonamides is 1. The van der Waals surface area contributed by atoms with Gasteiger partial charge in [-0.05, 0) is 19.3 Å². The predicted molar refractivity (Wildman–Crippen MR) is 42.8 cm³/mol. The number of nitrogens with two attached hydrogens (primary N) is 1. The Labute approximate surface area is 71.2 Å². The fourth-order valence-corrected chi connectivity index (χ4v) is 2.32. The molecular weight excluding hydrogens is 182 g/mol. The molecule has 0 bridgehead atoms. The van der Waals surface area contributed by atoms with E-state index in [1.54, 1.807) is 0 Å². The van der Waals surface area contributed by atoms with Crippen molar-refractivity contribution < 1.29 is 18.6 Å². The van der Waals surface area contributed by atoms with Gasteiger partial charge in [0.2, 0.25) is 10.0 Å². The van der Waals surface area contributed by atoms with Gasteiger partial charge in [0.25, 0.3) is 0 Å². The monoisotopic (exact) mass is 195 g/mol. The van der Waals surface area contributed by atoms with Gasteiger partial charge in [0.05, 0.1) is 17.5 Å². The summed E-state index contributed by atoms with van der Waals surface area (Å²) in [6.45, 7) is 0. The van der Waals surface area contributed by atoms with Gasteiger partial charge in [0.1, 0.15) is 0 Å². The molecule has 1 aliphatic carbocycles. The Morgan fingerprint density at radius 3 is 2.17 bits per heavy atom. The molecule has 0 aromatic carbocycles. The largest absolute Gasteiger partial charge is 0.390 e. The molecule has 1 rings (SSSR count). The summed E-state index contributed by atoms with van der Waals surface area (Å²) in [5, 5.41) is 22.4. The van der Waals surface area contributed by atoms with Crippen LogP contribution < -0.4 is 5.14 Å². The van der Waals surface area contributed by atoms with Crippen molar-refractivity contribution in [3.63, 3.8) is 0 Å². The average Bonchev–Trinajstić information content (AvgIpc) is 1.92. The summed E-state index contributed by atoms with van der Waals surface area (Å²) in [4.78, 5) is 0. The Kier molecular flexibility index (Phi) is 2.72. The summed E-state index contributed by atoms with van der Waals surface area (Å²) >= 11 is 0. The summed E-state index contributed by atoms with van der Waals surface area (Å²) in [6, 6.07) is 0. The van der Waals surface area contributed by atoms with Gasteiger partial charge in [-0.25, -0.2) is 13.6 Å². The Bertz CT molecular complexity index is 250. The Balaban J connectivity index is 2.64. The lowest BCUT2D eigenvalue weighted by Gasteiger charge is -2.28. The van der Waals surface area contributed by atoms with Crippen LogP contribution in [0.5, 0.6) is 0 Å². The molecule has 0 amide bonds. The van der Waals surface area contributed by atoms with Crippen molar-refractivity contribution >= 4 is 10.0 Å². The highest BCUT2D eigenvalue weighted by molar-refractivity contribution is 7.89. The number of aliphatic hydroxyl groups excluding tert-OH is 2. The lowest BCUT2D eigenvalue weighted by atomic mass is 9.95. The molecule has 0 radical (unpaired) electrons. The SMILES string of the molecule is NS(=O)(=O)[C@H]1CC[C@@H](O)[C@H](O)C1. The zero-order valence-corrected chi connectivity index (χ0v) is 7.37. The maximum Gasteiger partial charge on any atom is 0.212 e. The first-order chi connectivity index (χ1) is 5.41. The zero-order valence-electron chi connectivity index (χ0n) is 6.55. The number of hydrogen-bond acceptors (Lipinski definition) is 4. The van der Waals surface area contributed by atoms with Gasteiger partial charge < -0.3 is 10.2 Å². The molecule has 4 N–H and O–H groups in total. The van der Waals surface area contributed by atoms with Gasteiger partial charge in [-0.3, -0.25) is 0 Å². The molecule has 1 fully saturated rings. The maximum atomic E-state index is 10.8. The molecule has 1 aliphatic rings. The molecule has 12 heavy (non-hydrogen) atoms. The smallest absolute Gasteiger partial charge is 0.212 e. The second-order valence-electron chi connectivity index (χ2n) is 3.16. The van der Waals surface area contributed by atoms with Crippen LogP contribution in [0.3, 0.4) is 0 Å². The first-order valence-electron chi connectivity index (χ1n) is 3.79. The van der Waals surface area contributed by atoms with Crippen molar-refractivity contribution in [3.8, 4) is 0 Å². The molecule has 6 heteroatoms. The van der Waals surface area contributed by atoms with Gasteiger partial charge in [0.15, 0.2) is 0 Å². The molecular formula is C6H13NO4S. The van der Waals surface area contributed by atoms with Crippen LogP contribution in [0.2, 0.25) is 0 Å². The molecule has 0 saturated heterocycles. The summed E-state index contributed by atoms with van der Waals surface area (Å²) in [5.41, 5.74) is 0. The van der Waals surface area contributed by atoms with Crippen LogP contribution in [0.15, 0.2) is 0 Å². The number of sulfonamides is 1. The summed E-state index contributed by atoms with van der Waals surface area (Å²) < 4.78 is 21.6. The minimum absolute atomic E-state index is 0.0417. The van der Waals surface area contributed by atoms with Crippen molar-refractivity contribution in [2.75, 3.05) is 0 Å². The minimum atomic E-state index is -3.55. The average molecular weight is 195 g/mol. The van der Waals surface area contributed by atoms with E-state index in [0.717, 1.165) is 0 Å². The molecule has 0 spiro atoms. The van der Waals surface area contributed by atoms with Crippen LogP contribution in [-0.2, 0) is 10.0 Å². The van der Waals surface area contributed by atoms with E-state index in [4.69, 9.17) is 15.4 Å². The molecule has 5 nitrogen and oxygen atoms in total. The Hall–Kier alpha value is -0.170. The summed E-state index contributed by atoms with van der Waals surface area (Å²) in [5.74, 6) is 0. The first kappa shape index (κ1) is 9.91. The first-order valence-corrected chi connectivity index (χ1v) is 5.40. The highest BCUT2D eigenvalue weighted by Gasteiger charge is 2.33. The third-order valence-corrected chi connectivity index (χ3v) is 3.55. The Morgan fingerprint density at radius 1 is 1.17 bits per heavy atom. The van der Waals surface area contributed by atoms with E-state index < -0.39 is 27.5 Å². The van der Waals surface area contributed by atoms with Crippen LogP contribution in [0.4, 0.5) is 0 Å². The van der Waals surface area contributed by atoms with Crippen LogP contribution in [0.1, 0.15) is 19.3 Å². The van der Waals surface area contributed by atoms with Crippen molar-refractivity contribution in [2.24, 2.45) is 5.14 Å². The molecule has 3 atom stereocenters. The van der Waals surface area contributed by atoms with E-state index >= 15 is 0 Å². The highest BCUT2D eigenvalue weighted by atomic mass is 32.2. The summed E-state index contributed by atoms with van der Waals surface area (Å²) in [6.07, 6.45) is -1.09. The second kappa shape index (κ2) is 3.29. The maximum absolute atomic E-state index is 10.8. The summed E-state index contributed by atoms with van der Waals surface area (Å²) in [7, 11) is -3.55. The third-order valence-electron chi connectivity index (χ3n) is 2.20. The molecule has 0 aromatic heterocycles. The van der Waals surface area contributed by atoms with E-state index in [2.05, 4.69) is 0 Å². The zero-order chi connectivity index (χ0) is 9.35. The van der Waals surface area contributed by atoms with Crippen molar-refractivity contribution in [2.45, 2.75) is 36.7 Å². The van der Waals surface area contributed by atoms with Crippen LogP contribution >= 0.6 is 0 Å². The van der Waals surface area contributed by atoms with E-state index in [1.807, 2.05) is 0 Å². The standard InChI is InChI=1S/C6H13NO4S/c7-12(10,11)4-1-2-5(8)6(9)3-4/h4-6,8-9H,1-3H2,(H2,7,10,11)/t4-,5+,6+/m0/s1. The van der Waals surface area contributed by atoms with Gasteiger partial charge in [-0.2, -0.15) is 0 Å². The lowest BCUT2D eigenvalue weighted by Crippen LogP contribution is -2.41. The van der Waals surface area contributed by atoms with E-state index in [0.29, 0.717) is 12.8 Å². The predicted octanol–water partition coefficient (Wildman–Crippen LogP) is -1.45. The quantitative estimate of drug-likeness (QED) is 0.476.